The van der Waals surface area contributed by atoms with Gasteiger partial charge in [-0.15, -0.1) is 0 Å². The second-order valence-electron chi connectivity index (χ2n) is 3.18. The third kappa shape index (κ3) is 4.00. The second-order valence-corrected chi connectivity index (χ2v) is 3.18. The number of carboxylic acid groups (broad SMARTS) is 1. The summed E-state index contributed by atoms with van der Waals surface area (Å²) in [7, 11) is 1.52. The molecule has 16 heavy (non-hydrogen) atoms. The number of hydrogen-bond donors (Lipinski definition) is 2. The van der Waals surface area contributed by atoms with Gasteiger partial charge in [0.05, 0.1) is 6.42 Å². The summed E-state index contributed by atoms with van der Waals surface area (Å²) < 4.78 is 5.18. The molecule has 1 rings (SSSR count). The lowest BCUT2D eigenvalue weighted by Crippen LogP contribution is -2.24. The van der Waals surface area contributed by atoms with Crippen molar-refractivity contribution in [1.82, 2.24) is 5.32 Å². The van der Waals surface area contributed by atoms with Gasteiger partial charge in [-0.2, -0.15) is 0 Å². The number of ether oxygens (including phenoxy) is 1. The third-order valence-electron chi connectivity index (χ3n) is 1.90. The summed E-state index contributed by atoms with van der Waals surface area (Å²) in [6.45, 7) is -0.0764. The molecule has 0 bridgehead atoms. The molecule has 0 spiro atoms. The molecule has 1 amide bonds. The lowest BCUT2D eigenvalue weighted by Gasteiger charge is -2.06. The molecule has 0 saturated heterocycles. The van der Waals surface area contributed by atoms with Gasteiger partial charge in [-0.25, -0.2) is 0 Å². The summed E-state index contributed by atoms with van der Waals surface area (Å²) in [4.78, 5) is 21.4. The van der Waals surface area contributed by atoms with Crippen molar-refractivity contribution in [2.45, 2.75) is 6.42 Å². The fourth-order valence-electron chi connectivity index (χ4n) is 1.14. The standard InChI is InChI=1S/C11H13NO4/c1-12-10(13)7-16-9-4-2-3-8(5-9)6-11(14)15/h2-5H,6-7H2,1H3,(H,12,13)(H,14,15). The number of rotatable bonds is 5. The molecule has 5 nitrogen and oxygen atoms in total. The Labute approximate surface area is 93.0 Å². The van der Waals surface area contributed by atoms with Crippen LogP contribution in [0.1, 0.15) is 5.56 Å². The summed E-state index contributed by atoms with van der Waals surface area (Å²) in [6, 6.07) is 6.67. The van der Waals surface area contributed by atoms with Crippen LogP contribution in [0.5, 0.6) is 5.75 Å². The Morgan fingerprint density at radius 1 is 1.44 bits per heavy atom. The molecule has 1 aromatic carbocycles. The van der Waals surface area contributed by atoms with Crippen molar-refractivity contribution in [3.63, 3.8) is 0 Å². The average molecular weight is 223 g/mol. The number of benzene rings is 1. The van der Waals surface area contributed by atoms with Crippen molar-refractivity contribution in [1.29, 1.82) is 0 Å². The maximum Gasteiger partial charge on any atom is 0.307 e. The largest absolute Gasteiger partial charge is 0.484 e. The monoisotopic (exact) mass is 223 g/mol. The van der Waals surface area contributed by atoms with E-state index in [0.717, 1.165) is 0 Å². The Morgan fingerprint density at radius 2 is 2.19 bits per heavy atom. The van der Waals surface area contributed by atoms with Gasteiger partial charge in [0, 0.05) is 7.05 Å². The van der Waals surface area contributed by atoms with Gasteiger partial charge >= 0.3 is 5.97 Å². The molecule has 0 aliphatic carbocycles. The highest BCUT2D eigenvalue weighted by atomic mass is 16.5. The Bertz CT molecular complexity index is 389. The molecule has 0 heterocycles. The van der Waals surface area contributed by atoms with Crippen LogP contribution in [-0.4, -0.2) is 30.6 Å². The number of aliphatic carboxylic acids is 1. The zero-order valence-corrected chi connectivity index (χ0v) is 8.90. The van der Waals surface area contributed by atoms with Crippen LogP contribution in [0.15, 0.2) is 24.3 Å². The smallest absolute Gasteiger partial charge is 0.307 e. The quantitative estimate of drug-likeness (QED) is 0.759. The van der Waals surface area contributed by atoms with E-state index in [0.29, 0.717) is 11.3 Å². The Hall–Kier alpha value is -2.04. The summed E-state index contributed by atoms with van der Waals surface area (Å²) in [5.74, 6) is -0.644. The number of nitrogens with one attached hydrogen (secondary N) is 1. The predicted octanol–water partition coefficient (Wildman–Crippen LogP) is 0.438. The Balaban J connectivity index is 2.60. The fraction of sp³-hybridized carbons (Fsp3) is 0.273. The average Bonchev–Trinajstić information content (AvgIpc) is 2.25. The molecule has 86 valence electrons. The number of carbonyl (C=O) groups is 2. The molecule has 0 radical (unpaired) electrons. The number of carboxylic acids is 1. The van der Waals surface area contributed by atoms with Crippen molar-refractivity contribution in [3.05, 3.63) is 29.8 Å². The molecule has 1 aromatic rings. The van der Waals surface area contributed by atoms with Gasteiger partial charge in [-0.1, -0.05) is 12.1 Å². The summed E-state index contributed by atoms with van der Waals surface area (Å²) in [5, 5.41) is 11.0. The number of amides is 1. The van der Waals surface area contributed by atoms with Crippen LogP contribution in [0, 0.1) is 0 Å². The molecule has 0 fully saturated rings. The normalized spacial score (nSPS) is 9.56. The topological polar surface area (TPSA) is 75.6 Å². The summed E-state index contributed by atoms with van der Waals surface area (Å²) in [5.41, 5.74) is 0.641. The maximum absolute atomic E-state index is 10.9. The van der Waals surface area contributed by atoms with Gasteiger partial charge in [-0.05, 0) is 17.7 Å². The highest BCUT2D eigenvalue weighted by Gasteiger charge is 2.03. The first-order chi connectivity index (χ1) is 7.61. The van der Waals surface area contributed by atoms with Crippen LogP contribution in [0.25, 0.3) is 0 Å². The molecule has 0 saturated carbocycles. The molecule has 0 aliphatic heterocycles. The first kappa shape index (κ1) is 12.0. The lowest BCUT2D eigenvalue weighted by atomic mass is 10.1. The first-order valence-corrected chi connectivity index (χ1v) is 4.76. The van der Waals surface area contributed by atoms with Crippen molar-refractivity contribution in [2.24, 2.45) is 0 Å². The van der Waals surface area contributed by atoms with Crippen molar-refractivity contribution in [2.75, 3.05) is 13.7 Å². The van der Waals surface area contributed by atoms with E-state index in [1.807, 2.05) is 0 Å². The zero-order chi connectivity index (χ0) is 12.0. The van der Waals surface area contributed by atoms with E-state index in [-0.39, 0.29) is 18.9 Å². The van der Waals surface area contributed by atoms with Crippen LogP contribution in [0.3, 0.4) is 0 Å². The Morgan fingerprint density at radius 3 is 2.81 bits per heavy atom. The van der Waals surface area contributed by atoms with Gasteiger partial charge in [0.25, 0.3) is 5.91 Å². The molecule has 0 atom stereocenters. The van der Waals surface area contributed by atoms with E-state index in [2.05, 4.69) is 5.32 Å². The van der Waals surface area contributed by atoms with Crippen LogP contribution in [0.4, 0.5) is 0 Å². The van der Waals surface area contributed by atoms with Crippen molar-refractivity contribution >= 4 is 11.9 Å². The van der Waals surface area contributed by atoms with Crippen molar-refractivity contribution < 1.29 is 19.4 Å². The van der Waals surface area contributed by atoms with E-state index in [9.17, 15) is 9.59 Å². The minimum Gasteiger partial charge on any atom is -0.484 e. The third-order valence-corrected chi connectivity index (χ3v) is 1.90. The molecular weight excluding hydrogens is 210 g/mol. The predicted molar refractivity (Wildman–Crippen MR) is 57.3 cm³/mol. The number of hydrogen-bond acceptors (Lipinski definition) is 3. The lowest BCUT2D eigenvalue weighted by molar-refractivity contribution is -0.136. The molecule has 2 N–H and O–H groups in total. The zero-order valence-electron chi connectivity index (χ0n) is 8.90. The van der Waals surface area contributed by atoms with E-state index < -0.39 is 5.97 Å². The molecular formula is C11H13NO4. The van der Waals surface area contributed by atoms with Crippen molar-refractivity contribution in [3.8, 4) is 5.75 Å². The van der Waals surface area contributed by atoms with Crippen LogP contribution in [-0.2, 0) is 16.0 Å². The fourth-order valence-corrected chi connectivity index (χ4v) is 1.14. The van der Waals surface area contributed by atoms with Crippen LogP contribution >= 0.6 is 0 Å². The molecule has 0 aromatic heterocycles. The highest BCUT2D eigenvalue weighted by Crippen LogP contribution is 2.13. The minimum absolute atomic E-state index is 0.0584. The highest BCUT2D eigenvalue weighted by molar-refractivity contribution is 5.77. The van der Waals surface area contributed by atoms with E-state index in [1.165, 1.54) is 7.05 Å². The van der Waals surface area contributed by atoms with Crippen LogP contribution < -0.4 is 10.1 Å². The first-order valence-electron chi connectivity index (χ1n) is 4.76. The number of likely N-dealkylation sites (N-methyl/N-ethyl adjacent to an activating group) is 1. The van der Waals surface area contributed by atoms with E-state index in [4.69, 9.17) is 9.84 Å². The van der Waals surface area contributed by atoms with Gasteiger partial charge in [-0.3, -0.25) is 9.59 Å². The van der Waals surface area contributed by atoms with E-state index >= 15 is 0 Å². The van der Waals surface area contributed by atoms with Gasteiger partial charge in [0.15, 0.2) is 6.61 Å². The van der Waals surface area contributed by atoms with E-state index in [1.54, 1.807) is 24.3 Å². The molecule has 0 unspecified atom stereocenters. The Kier molecular flexibility index (Phi) is 4.32. The summed E-state index contributed by atoms with van der Waals surface area (Å²) in [6.07, 6.45) is -0.0584. The molecule has 0 aliphatic rings. The number of carbonyl (C=O) groups excluding carboxylic acids is 1. The second kappa shape index (κ2) is 5.75. The minimum atomic E-state index is -0.900. The van der Waals surface area contributed by atoms with Crippen LogP contribution in [0.2, 0.25) is 0 Å². The van der Waals surface area contributed by atoms with Gasteiger partial charge < -0.3 is 15.2 Å². The SMILES string of the molecule is CNC(=O)COc1cccc(CC(=O)O)c1. The van der Waals surface area contributed by atoms with Gasteiger partial charge in [0.1, 0.15) is 5.75 Å². The molecule has 5 heteroatoms. The maximum atomic E-state index is 10.9. The van der Waals surface area contributed by atoms with Gasteiger partial charge in [0.2, 0.25) is 0 Å². The summed E-state index contributed by atoms with van der Waals surface area (Å²) >= 11 is 0.